The highest BCUT2D eigenvalue weighted by Crippen LogP contribution is 2.11. The molecule has 2 amide bonds. The van der Waals surface area contributed by atoms with Crippen molar-refractivity contribution in [3.63, 3.8) is 0 Å². The van der Waals surface area contributed by atoms with Crippen LogP contribution >= 0.6 is 0 Å². The summed E-state index contributed by atoms with van der Waals surface area (Å²) in [5.41, 5.74) is 0.953. The molecule has 1 aliphatic rings. The van der Waals surface area contributed by atoms with Crippen LogP contribution in [0.15, 0.2) is 18.3 Å². The number of ether oxygens (including phenoxy) is 1. The van der Waals surface area contributed by atoms with Gasteiger partial charge in [-0.1, -0.05) is 6.07 Å². The number of anilines is 1. The lowest BCUT2D eigenvalue weighted by Gasteiger charge is -2.19. The minimum Gasteiger partial charge on any atom is -0.379 e. The first-order valence-electron chi connectivity index (χ1n) is 9.41. The number of amides is 2. The van der Waals surface area contributed by atoms with Crippen molar-refractivity contribution in [1.29, 1.82) is 0 Å². The number of aromatic nitrogens is 4. The quantitative estimate of drug-likeness (QED) is 0.754. The number of fused-ring (bicyclic) bond motifs is 1. The van der Waals surface area contributed by atoms with Crippen LogP contribution in [0.3, 0.4) is 0 Å². The van der Waals surface area contributed by atoms with E-state index in [0.717, 1.165) is 42.5 Å². The number of hydrogen-bond donors (Lipinski definition) is 2. The largest absolute Gasteiger partial charge is 0.379 e. The summed E-state index contributed by atoms with van der Waals surface area (Å²) in [6, 6.07) is 3.72. The first-order chi connectivity index (χ1) is 13.2. The highest BCUT2D eigenvalue weighted by atomic mass is 16.5. The fourth-order valence-corrected chi connectivity index (χ4v) is 3.03. The Balaban J connectivity index is 1.47. The molecule has 3 heterocycles. The number of rotatable bonds is 7. The van der Waals surface area contributed by atoms with Crippen molar-refractivity contribution in [3.8, 4) is 0 Å². The number of carbonyl (C=O) groups excluding carboxylic acids is 1. The molecule has 0 bridgehead atoms. The molecule has 2 N–H and O–H groups in total. The molecule has 0 unspecified atom stereocenters. The third-order valence-electron chi connectivity index (χ3n) is 4.59. The van der Waals surface area contributed by atoms with Gasteiger partial charge in [0.2, 0.25) is 0 Å². The van der Waals surface area contributed by atoms with E-state index in [2.05, 4.69) is 44.6 Å². The second-order valence-electron chi connectivity index (χ2n) is 6.28. The van der Waals surface area contributed by atoms with Crippen LogP contribution in [0.1, 0.15) is 31.1 Å². The van der Waals surface area contributed by atoms with Crippen LogP contribution in [0.25, 0.3) is 0 Å². The molecule has 146 valence electrons. The molecule has 9 nitrogen and oxygen atoms in total. The monoisotopic (exact) mass is 373 g/mol. The second-order valence-corrected chi connectivity index (χ2v) is 6.28. The maximum atomic E-state index is 12.1. The molecule has 0 fully saturated rings. The van der Waals surface area contributed by atoms with Crippen LogP contribution in [0, 0.1) is 0 Å². The summed E-state index contributed by atoms with van der Waals surface area (Å²) >= 11 is 0. The Morgan fingerprint density at radius 3 is 2.74 bits per heavy atom. The van der Waals surface area contributed by atoms with E-state index in [9.17, 15) is 4.79 Å². The maximum Gasteiger partial charge on any atom is 0.315 e. The molecule has 2 aromatic rings. The molecule has 3 rings (SSSR count). The molecule has 2 aromatic heterocycles. The SMILES string of the molecule is CCN(CC)c1ccc(CNC(=O)NCc2nnc3n2CCOCC3)cn1. The van der Waals surface area contributed by atoms with E-state index >= 15 is 0 Å². The molecule has 1 aliphatic heterocycles. The average Bonchev–Trinajstić information content (AvgIpc) is 2.92. The summed E-state index contributed by atoms with van der Waals surface area (Å²) < 4.78 is 7.46. The van der Waals surface area contributed by atoms with Gasteiger partial charge in [0, 0.05) is 38.8 Å². The van der Waals surface area contributed by atoms with Gasteiger partial charge in [0.1, 0.15) is 11.6 Å². The highest BCUT2D eigenvalue weighted by molar-refractivity contribution is 5.73. The zero-order valence-electron chi connectivity index (χ0n) is 15.9. The highest BCUT2D eigenvalue weighted by Gasteiger charge is 2.15. The van der Waals surface area contributed by atoms with Crippen LogP contribution in [0.5, 0.6) is 0 Å². The van der Waals surface area contributed by atoms with Crippen molar-refractivity contribution in [1.82, 2.24) is 30.4 Å². The van der Waals surface area contributed by atoms with Gasteiger partial charge >= 0.3 is 6.03 Å². The van der Waals surface area contributed by atoms with Gasteiger partial charge in [-0.2, -0.15) is 0 Å². The smallest absolute Gasteiger partial charge is 0.315 e. The molecule has 0 atom stereocenters. The van der Waals surface area contributed by atoms with Crippen LogP contribution < -0.4 is 15.5 Å². The minimum absolute atomic E-state index is 0.245. The van der Waals surface area contributed by atoms with E-state index < -0.39 is 0 Å². The van der Waals surface area contributed by atoms with E-state index in [-0.39, 0.29) is 6.03 Å². The van der Waals surface area contributed by atoms with E-state index in [1.54, 1.807) is 6.20 Å². The minimum atomic E-state index is -0.245. The Morgan fingerprint density at radius 2 is 2.00 bits per heavy atom. The van der Waals surface area contributed by atoms with Gasteiger partial charge in [-0.15, -0.1) is 10.2 Å². The molecule has 9 heteroatoms. The summed E-state index contributed by atoms with van der Waals surface area (Å²) in [5.74, 6) is 2.60. The standard InChI is InChI=1S/C18H27N7O2/c1-3-24(4-2)15-6-5-14(11-19-15)12-20-18(26)21-13-17-23-22-16-7-9-27-10-8-25(16)17/h5-6,11H,3-4,7-10,12-13H2,1-2H3,(H2,20,21,26). The third kappa shape index (κ3) is 4.94. The van der Waals surface area contributed by atoms with E-state index in [4.69, 9.17) is 4.74 Å². The van der Waals surface area contributed by atoms with Gasteiger partial charge in [0.25, 0.3) is 0 Å². The van der Waals surface area contributed by atoms with E-state index in [1.165, 1.54) is 0 Å². The van der Waals surface area contributed by atoms with Gasteiger partial charge in [0.15, 0.2) is 5.82 Å². The Hall–Kier alpha value is -2.68. The van der Waals surface area contributed by atoms with Gasteiger partial charge in [-0.3, -0.25) is 0 Å². The topological polar surface area (TPSA) is 97.2 Å². The lowest BCUT2D eigenvalue weighted by molar-refractivity contribution is 0.139. The zero-order valence-corrected chi connectivity index (χ0v) is 15.9. The Kier molecular flexibility index (Phi) is 6.59. The summed E-state index contributed by atoms with van der Waals surface area (Å²) in [5, 5.41) is 14.0. The van der Waals surface area contributed by atoms with Crippen molar-refractivity contribution < 1.29 is 9.53 Å². The normalized spacial score (nSPS) is 13.6. The zero-order chi connectivity index (χ0) is 19.1. The number of nitrogens with one attached hydrogen (secondary N) is 2. The molecule has 27 heavy (non-hydrogen) atoms. The maximum absolute atomic E-state index is 12.1. The van der Waals surface area contributed by atoms with E-state index in [0.29, 0.717) is 32.8 Å². The summed E-state index contributed by atoms with van der Waals surface area (Å²) in [4.78, 5) is 18.7. The Labute approximate surface area is 159 Å². The molecule has 0 aliphatic carbocycles. The first-order valence-corrected chi connectivity index (χ1v) is 9.41. The lowest BCUT2D eigenvalue weighted by Crippen LogP contribution is -2.35. The van der Waals surface area contributed by atoms with Crippen molar-refractivity contribution in [2.75, 3.05) is 31.2 Å². The van der Waals surface area contributed by atoms with Gasteiger partial charge in [0.05, 0.1) is 19.8 Å². The van der Waals surface area contributed by atoms with Gasteiger partial charge in [-0.05, 0) is 25.5 Å². The number of nitrogens with zero attached hydrogens (tertiary/aromatic N) is 5. The van der Waals surface area contributed by atoms with Gasteiger partial charge < -0.3 is 24.8 Å². The number of hydrogen-bond acceptors (Lipinski definition) is 6. The fourth-order valence-electron chi connectivity index (χ4n) is 3.03. The lowest BCUT2D eigenvalue weighted by atomic mass is 10.2. The molecule has 0 saturated carbocycles. The summed E-state index contributed by atoms with van der Waals surface area (Å²) in [6.07, 6.45) is 2.54. The predicted molar refractivity (Wildman–Crippen MR) is 101 cm³/mol. The third-order valence-corrected chi connectivity index (χ3v) is 4.59. The fraction of sp³-hybridized carbons (Fsp3) is 0.556. The second kappa shape index (κ2) is 9.31. The van der Waals surface area contributed by atoms with Crippen LogP contribution in [0.4, 0.5) is 10.6 Å². The van der Waals surface area contributed by atoms with Crippen molar-refractivity contribution in [3.05, 3.63) is 35.5 Å². The molecule has 0 saturated heterocycles. The Morgan fingerprint density at radius 1 is 1.19 bits per heavy atom. The predicted octanol–water partition coefficient (Wildman–Crippen LogP) is 1.09. The number of pyridine rings is 1. The van der Waals surface area contributed by atoms with Gasteiger partial charge in [-0.25, -0.2) is 9.78 Å². The van der Waals surface area contributed by atoms with Crippen molar-refractivity contribution >= 4 is 11.8 Å². The van der Waals surface area contributed by atoms with Crippen LogP contribution in [0.2, 0.25) is 0 Å². The van der Waals surface area contributed by atoms with Crippen molar-refractivity contribution in [2.24, 2.45) is 0 Å². The van der Waals surface area contributed by atoms with Crippen LogP contribution in [-0.2, 0) is 30.8 Å². The van der Waals surface area contributed by atoms with E-state index in [1.807, 2.05) is 16.7 Å². The molecule has 0 aromatic carbocycles. The van der Waals surface area contributed by atoms with Crippen LogP contribution in [-0.4, -0.2) is 52.1 Å². The molecule has 0 radical (unpaired) electrons. The van der Waals surface area contributed by atoms with Crippen molar-refractivity contribution in [2.45, 2.75) is 39.9 Å². The molecular formula is C18H27N7O2. The molecular weight excluding hydrogens is 346 g/mol. The summed E-state index contributed by atoms with van der Waals surface area (Å²) in [6.45, 7) is 8.81. The average molecular weight is 373 g/mol. The summed E-state index contributed by atoms with van der Waals surface area (Å²) in [7, 11) is 0. The Bertz CT molecular complexity index is 741. The number of urea groups is 1. The first kappa shape index (κ1) is 19.1. The molecule has 0 spiro atoms. The number of carbonyl (C=O) groups is 1.